The highest BCUT2D eigenvalue weighted by Gasteiger charge is 2.26. The molecule has 0 aliphatic carbocycles. The van der Waals surface area contributed by atoms with Crippen LogP contribution >= 0.6 is 0 Å². The molecular formula is C16H23N3O4. The zero-order valence-electron chi connectivity index (χ0n) is 14.3. The van der Waals surface area contributed by atoms with Crippen LogP contribution in [-0.4, -0.2) is 16.7 Å². The maximum atomic E-state index is 12.1. The molecule has 0 aliphatic heterocycles. The highest BCUT2D eigenvalue weighted by molar-refractivity contribution is 5.99. The van der Waals surface area contributed by atoms with Crippen molar-refractivity contribution in [2.75, 3.05) is 10.6 Å². The van der Waals surface area contributed by atoms with E-state index in [9.17, 15) is 19.7 Å². The molecular weight excluding hydrogens is 298 g/mol. The summed E-state index contributed by atoms with van der Waals surface area (Å²) in [6.45, 7) is 10.4. The minimum absolute atomic E-state index is 0.0571. The van der Waals surface area contributed by atoms with Crippen molar-refractivity contribution < 1.29 is 14.5 Å². The van der Waals surface area contributed by atoms with Crippen molar-refractivity contribution in [1.82, 2.24) is 0 Å². The molecule has 0 aromatic heterocycles. The van der Waals surface area contributed by atoms with Gasteiger partial charge in [0.25, 0.3) is 5.69 Å². The lowest BCUT2D eigenvalue weighted by Crippen LogP contribution is -2.29. The van der Waals surface area contributed by atoms with Crippen LogP contribution in [0.25, 0.3) is 0 Å². The van der Waals surface area contributed by atoms with E-state index >= 15 is 0 Å². The molecule has 1 rings (SSSR count). The number of amides is 2. The topological polar surface area (TPSA) is 101 Å². The minimum Gasteiger partial charge on any atom is -0.326 e. The van der Waals surface area contributed by atoms with Crippen molar-refractivity contribution in [3.05, 3.63) is 28.3 Å². The van der Waals surface area contributed by atoms with Gasteiger partial charge in [0.05, 0.1) is 4.92 Å². The van der Waals surface area contributed by atoms with Gasteiger partial charge in [0.1, 0.15) is 5.69 Å². The van der Waals surface area contributed by atoms with E-state index in [1.807, 2.05) is 0 Å². The molecule has 2 N–H and O–H groups in total. The van der Waals surface area contributed by atoms with Gasteiger partial charge >= 0.3 is 0 Å². The lowest BCUT2D eigenvalue weighted by atomic mass is 9.95. The second kappa shape index (κ2) is 6.36. The highest BCUT2D eigenvalue weighted by Crippen LogP contribution is 2.30. The summed E-state index contributed by atoms with van der Waals surface area (Å²) in [5, 5.41) is 16.4. The van der Waals surface area contributed by atoms with E-state index in [1.165, 1.54) is 18.2 Å². The van der Waals surface area contributed by atoms with Crippen LogP contribution in [0, 0.1) is 20.9 Å². The Balaban J connectivity index is 3.16. The summed E-state index contributed by atoms with van der Waals surface area (Å²) in [6.07, 6.45) is 0. The number of carbonyl (C=O) groups excluding carboxylic acids is 2. The van der Waals surface area contributed by atoms with Crippen LogP contribution in [0.15, 0.2) is 18.2 Å². The van der Waals surface area contributed by atoms with Crippen LogP contribution in [0.5, 0.6) is 0 Å². The molecule has 0 bridgehead atoms. The Hall–Kier alpha value is -2.44. The third-order valence-corrected chi connectivity index (χ3v) is 3.06. The van der Waals surface area contributed by atoms with E-state index in [-0.39, 0.29) is 23.2 Å². The number of nitrogens with zero attached hydrogens (tertiary/aromatic N) is 1. The number of benzene rings is 1. The molecule has 0 saturated carbocycles. The maximum absolute atomic E-state index is 12.1. The summed E-state index contributed by atoms with van der Waals surface area (Å²) in [6, 6.07) is 4.09. The van der Waals surface area contributed by atoms with Gasteiger partial charge in [-0.2, -0.15) is 0 Å². The van der Waals surface area contributed by atoms with Crippen LogP contribution in [0.4, 0.5) is 17.1 Å². The van der Waals surface area contributed by atoms with Crippen LogP contribution in [-0.2, 0) is 9.59 Å². The molecule has 0 aliphatic rings. The van der Waals surface area contributed by atoms with E-state index in [4.69, 9.17) is 0 Å². The Kier molecular flexibility index (Phi) is 5.14. The van der Waals surface area contributed by atoms with Gasteiger partial charge in [-0.15, -0.1) is 0 Å². The molecule has 1 aromatic rings. The van der Waals surface area contributed by atoms with Crippen LogP contribution in [0.2, 0.25) is 0 Å². The fraction of sp³-hybridized carbons (Fsp3) is 0.500. The van der Waals surface area contributed by atoms with Gasteiger partial charge in [-0.25, -0.2) is 0 Å². The summed E-state index contributed by atoms with van der Waals surface area (Å²) in [5.41, 5.74) is -1.08. The Bertz CT molecular complexity index is 640. The molecule has 0 atom stereocenters. The van der Waals surface area contributed by atoms with Crippen molar-refractivity contribution >= 4 is 28.9 Å². The van der Waals surface area contributed by atoms with Crippen molar-refractivity contribution in [2.45, 2.75) is 41.5 Å². The predicted octanol–water partition coefficient (Wildman–Crippen LogP) is 3.56. The second-order valence-electron chi connectivity index (χ2n) is 7.40. The van der Waals surface area contributed by atoms with Gasteiger partial charge in [-0.1, -0.05) is 41.5 Å². The minimum atomic E-state index is -0.696. The highest BCUT2D eigenvalue weighted by atomic mass is 16.6. The van der Waals surface area contributed by atoms with E-state index in [1.54, 1.807) is 41.5 Å². The Labute approximate surface area is 135 Å². The maximum Gasteiger partial charge on any atom is 0.292 e. The van der Waals surface area contributed by atoms with Crippen LogP contribution in [0.1, 0.15) is 41.5 Å². The average molecular weight is 321 g/mol. The van der Waals surface area contributed by atoms with E-state index < -0.39 is 15.8 Å². The molecule has 7 heteroatoms. The van der Waals surface area contributed by atoms with E-state index in [0.717, 1.165) is 0 Å². The average Bonchev–Trinajstić information content (AvgIpc) is 2.36. The zero-order chi connectivity index (χ0) is 18.0. The Morgan fingerprint density at radius 3 is 1.87 bits per heavy atom. The molecule has 0 unspecified atom stereocenters. The second-order valence-corrected chi connectivity index (χ2v) is 7.40. The van der Waals surface area contributed by atoms with Crippen LogP contribution in [0.3, 0.4) is 0 Å². The van der Waals surface area contributed by atoms with Crippen molar-refractivity contribution in [3.8, 4) is 0 Å². The molecule has 0 spiro atoms. The Morgan fingerprint density at radius 1 is 0.957 bits per heavy atom. The van der Waals surface area contributed by atoms with Gasteiger partial charge in [0.15, 0.2) is 0 Å². The molecule has 7 nitrogen and oxygen atoms in total. The number of nitrogens with one attached hydrogen (secondary N) is 2. The smallest absolute Gasteiger partial charge is 0.292 e. The molecule has 1 aromatic carbocycles. The summed E-state index contributed by atoms with van der Waals surface area (Å²) >= 11 is 0. The summed E-state index contributed by atoms with van der Waals surface area (Å²) < 4.78 is 0. The number of rotatable bonds is 3. The Morgan fingerprint density at radius 2 is 1.43 bits per heavy atom. The lowest BCUT2D eigenvalue weighted by molar-refractivity contribution is -0.383. The van der Waals surface area contributed by atoms with Crippen molar-refractivity contribution in [1.29, 1.82) is 0 Å². The fourth-order valence-corrected chi connectivity index (χ4v) is 1.50. The number of anilines is 2. The summed E-state index contributed by atoms with van der Waals surface area (Å²) in [5.74, 6) is -0.570. The number of carbonyl (C=O) groups is 2. The molecule has 0 saturated heterocycles. The lowest BCUT2D eigenvalue weighted by Gasteiger charge is -2.19. The SMILES string of the molecule is CC(C)(C)C(=O)Nc1ccc([N+](=O)[O-])c(NC(=O)C(C)(C)C)c1. The third-order valence-electron chi connectivity index (χ3n) is 3.06. The first-order chi connectivity index (χ1) is 10.3. The predicted molar refractivity (Wildman–Crippen MR) is 89.3 cm³/mol. The number of nitro groups is 1. The number of nitro benzene ring substituents is 1. The normalized spacial score (nSPS) is 11.7. The molecule has 0 fully saturated rings. The van der Waals surface area contributed by atoms with E-state index in [2.05, 4.69) is 10.6 Å². The van der Waals surface area contributed by atoms with Gasteiger partial charge in [-0.05, 0) is 12.1 Å². The van der Waals surface area contributed by atoms with Crippen LogP contribution < -0.4 is 10.6 Å². The quantitative estimate of drug-likeness (QED) is 0.656. The number of hydrogen-bond acceptors (Lipinski definition) is 4. The largest absolute Gasteiger partial charge is 0.326 e. The van der Waals surface area contributed by atoms with E-state index in [0.29, 0.717) is 5.69 Å². The number of hydrogen-bond donors (Lipinski definition) is 2. The summed E-state index contributed by atoms with van der Waals surface area (Å²) in [4.78, 5) is 34.6. The third kappa shape index (κ3) is 5.05. The van der Waals surface area contributed by atoms with Crippen molar-refractivity contribution in [3.63, 3.8) is 0 Å². The standard InChI is InChI=1S/C16H23N3O4/c1-15(2,3)13(20)17-10-7-8-12(19(22)23)11(9-10)18-14(21)16(4,5)6/h7-9H,1-6H3,(H,17,20)(H,18,21). The van der Waals surface area contributed by atoms with Gasteiger partial charge in [0, 0.05) is 22.6 Å². The molecule has 2 amide bonds. The molecule has 23 heavy (non-hydrogen) atoms. The zero-order valence-corrected chi connectivity index (χ0v) is 14.3. The van der Waals surface area contributed by atoms with Gasteiger partial charge in [-0.3, -0.25) is 19.7 Å². The first kappa shape index (κ1) is 18.6. The first-order valence-electron chi connectivity index (χ1n) is 7.24. The summed E-state index contributed by atoms with van der Waals surface area (Å²) in [7, 11) is 0. The monoisotopic (exact) mass is 321 g/mol. The fourth-order valence-electron chi connectivity index (χ4n) is 1.50. The molecule has 0 radical (unpaired) electrons. The molecule has 126 valence electrons. The first-order valence-corrected chi connectivity index (χ1v) is 7.24. The van der Waals surface area contributed by atoms with Gasteiger partial charge in [0.2, 0.25) is 11.8 Å². The molecule has 0 heterocycles. The van der Waals surface area contributed by atoms with Gasteiger partial charge < -0.3 is 10.6 Å². The van der Waals surface area contributed by atoms with Crippen molar-refractivity contribution in [2.24, 2.45) is 10.8 Å².